The molecule has 2 aromatic rings. The zero-order valence-corrected chi connectivity index (χ0v) is 9.78. The van der Waals surface area contributed by atoms with Crippen LogP contribution in [-0.2, 0) is 0 Å². The highest BCUT2D eigenvalue weighted by Crippen LogP contribution is 2.20. The van der Waals surface area contributed by atoms with Gasteiger partial charge in [-0.1, -0.05) is 6.07 Å². The number of nitrogens with two attached hydrogens (primary N) is 1. The highest BCUT2D eigenvalue weighted by molar-refractivity contribution is 9.10. The van der Waals surface area contributed by atoms with Crippen LogP contribution in [0.2, 0.25) is 0 Å². The number of fused-ring (bicyclic) bond motifs is 1. The third-order valence-corrected chi connectivity index (χ3v) is 2.84. The lowest BCUT2D eigenvalue weighted by molar-refractivity contribution is 0.0995. The van der Waals surface area contributed by atoms with Crippen LogP contribution in [0.15, 0.2) is 22.8 Å². The second kappa shape index (κ2) is 3.75. The Morgan fingerprint density at radius 1 is 1.60 bits per heavy atom. The summed E-state index contributed by atoms with van der Waals surface area (Å²) in [5.74, 6) is 0.683. The molecule has 0 amide bonds. The van der Waals surface area contributed by atoms with Crippen molar-refractivity contribution in [1.29, 1.82) is 0 Å². The van der Waals surface area contributed by atoms with E-state index < -0.39 is 0 Å². The average Bonchev–Trinajstić information content (AvgIpc) is 2.54. The smallest absolute Gasteiger partial charge is 0.193 e. The van der Waals surface area contributed by atoms with Crippen LogP contribution >= 0.6 is 15.9 Å². The minimum atomic E-state index is -0.0893. The van der Waals surface area contributed by atoms with Crippen LogP contribution in [0.1, 0.15) is 16.3 Å². The molecule has 0 saturated carbocycles. The second-order valence-corrected chi connectivity index (χ2v) is 3.96. The first-order chi connectivity index (χ1) is 7.15. The van der Waals surface area contributed by atoms with Crippen LogP contribution in [0.25, 0.3) is 5.52 Å². The monoisotopic (exact) mass is 267 g/mol. The van der Waals surface area contributed by atoms with E-state index in [2.05, 4.69) is 20.9 Å². The highest BCUT2D eigenvalue weighted by atomic mass is 79.9. The van der Waals surface area contributed by atoms with Crippen LogP contribution in [0, 0.1) is 6.92 Å². The summed E-state index contributed by atoms with van der Waals surface area (Å²) in [6.07, 6.45) is 0. The van der Waals surface area contributed by atoms with Gasteiger partial charge in [-0.2, -0.15) is 0 Å². The molecule has 2 N–H and O–H groups in total. The van der Waals surface area contributed by atoms with Gasteiger partial charge in [0.2, 0.25) is 0 Å². The van der Waals surface area contributed by atoms with Crippen molar-refractivity contribution in [1.82, 2.24) is 9.38 Å². The summed E-state index contributed by atoms with van der Waals surface area (Å²) in [6.45, 7) is 1.86. The fourth-order valence-corrected chi connectivity index (χ4v) is 2.16. The lowest BCUT2D eigenvalue weighted by Gasteiger charge is -2.04. The zero-order valence-electron chi connectivity index (χ0n) is 8.20. The molecule has 0 unspecified atom stereocenters. The molecule has 0 aliphatic rings. The third-order valence-electron chi connectivity index (χ3n) is 2.26. The number of halogens is 1. The number of carbonyl (C=O) groups is 1. The molecule has 4 nitrogen and oxygen atoms in total. The maximum atomic E-state index is 11.6. The van der Waals surface area contributed by atoms with Crippen LogP contribution in [0.4, 0.5) is 0 Å². The third kappa shape index (κ3) is 1.57. The Bertz CT molecular complexity index is 533. The first-order valence-corrected chi connectivity index (χ1v) is 5.31. The SMILES string of the molecule is Cc1nc(Br)c2cccc(C(=O)CN)n12. The minimum Gasteiger partial charge on any atom is -0.324 e. The van der Waals surface area contributed by atoms with Gasteiger partial charge in [-0.25, -0.2) is 4.98 Å². The summed E-state index contributed by atoms with van der Waals surface area (Å²) < 4.78 is 2.55. The van der Waals surface area contributed by atoms with Gasteiger partial charge in [0.25, 0.3) is 0 Å². The number of nitrogens with zero attached hydrogens (tertiary/aromatic N) is 2. The number of rotatable bonds is 2. The van der Waals surface area contributed by atoms with Crippen molar-refractivity contribution < 1.29 is 4.79 Å². The molecule has 2 aromatic heterocycles. The van der Waals surface area contributed by atoms with Gasteiger partial charge in [0.1, 0.15) is 10.4 Å². The Hall–Kier alpha value is -1.20. The molecule has 0 fully saturated rings. The second-order valence-electron chi connectivity index (χ2n) is 3.21. The van der Waals surface area contributed by atoms with E-state index in [4.69, 9.17) is 5.73 Å². The van der Waals surface area contributed by atoms with E-state index in [1.54, 1.807) is 10.5 Å². The maximum Gasteiger partial charge on any atom is 0.193 e. The number of hydrogen-bond acceptors (Lipinski definition) is 3. The molecule has 0 aliphatic carbocycles. The molecule has 0 spiro atoms. The molecule has 5 heteroatoms. The summed E-state index contributed by atoms with van der Waals surface area (Å²) in [5, 5.41) is 0. The topological polar surface area (TPSA) is 60.4 Å². The largest absolute Gasteiger partial charge is 0.324 e. The van der Waals surface area contributed by atoms with E-state index >= 15 is 0 Å². The zero-order chi connectivity index (χ0) is 11.0. The molecule has 15 heavy (non-hydrogen) atoms. The van der Waals surface area contributed by atoms with Crippen molar-refractivity contribution in [2.45, 2.75) is 6.92 Å². The van der Waals surface area contributed by atoms with Crippen molar-refractivity contribution in [3.63, 3.8) is 0 Å². The molecular weight excluding hydrogens is 258 g/mol. The van der Waals surface area contributed by atoms with E-state index in [1.165, 1.54) is 0 Å². The number of Topliss-reactive ketones (excluding diaryl/α,β-unsaturated/α-hetero) is 1. The lowest BCUT2D eigenvalue weighted by atomic mass is 10.2. The van der Waals surface area contributed by atoms with E-state index in [9.17, 15) is 4.79 Å². The molecule has 0 bridgehead atoms. The predicted octanol–water partition coefficient (Wildman–Crippen LogP) is 1.55. The number of aryl methyl sites for hydroxylation is 1. The first-order valence-electron chi connectivity index (χ1n) is 4.52. The Morgan fingerprint density at radius 2 is 2.33 bits per heavy atom. The summed E-state index contributed by atoms with van der Waals surface area (Å²) in [5.41, 5.74) is 6.81. The Kier molecular flexibility index (Phi) is 2.58. The number of aromatic nitrogens is 2. The number of pyridine rings is 1. The Morgan fingerprint density at radius 3 is 3.00 bits per heavy atom. The summed E-state index contributed by atoms with van der Waals surface area (Å²) in [7, 11) is 0. The fourth-order valence-electron chi connectivity index (χ4n) is 1.59. The van der Waals surface area contributed by atoms with Crippen molar-refractivity contribution in [2.24, 2.45) is 5.73 Å². The van der Waals surface area contributed by atoms with Gasteiger partial charge in [-0.3, -0.25) is 9.20 Å². The van der Waals surface area contributed by atoms with Crippen molar-refractivity contribution in [3.8, 4) is 0 Å². The summed E-state index contributed by atoms with van der Waals surface area (Å²) in [4.78, 5) is 15.9. The van der Waals surface area contributed by atoms with Gasteiger partial charge < -0.3 is 5.73 Å². The van der Waals surface area contributed by atoms with Crippen LogP contribution in [-0.4, -0.2) is 21.7 Å². The Labute approximate surface area is 95.2 Å². The van der Waals surface area contributed by atoms with Gasteiger partial charge in [0, 0.05) is 0 Å². The molecule has 0 aliphatic heterocycles. The highest BCUT2D eigenvalue weighted by Gasteiger charge is 2.12. The number of ketones is 1. The molecule has 2 heterocycles. The van der Waals surface area contributed by atoms with Gasteiger partial charge in [0.15, 0.2) is 5.78 Å². The van der Waals surface area contributed by atoms with Crippen molar-refractivity contribution in [3.05, 3.63) is 34.3 Å². The average molecular weight is 268 g/mol. The van der Waals surface area contributed by atoms with Crippen LogP contribution in [0.3, 0.4) is 0 Å². The summed E-state index contributed by atoms with van der Waals surface area (Å²) in [6, 6.07) is 5.48. The minimum absolute atomic E-state index is 0.00829. The van der Waals surface area contributed by atoms with Gasteiger partial charge >= 0.3 is 0 Å². The number of hydrogen-bond donors (Lipinski definition) is 1. The van der Waals surface area contributed by atoms with E-state index in [-0.39, 0.29) is 12.3 Å². The molecule has 0 aromatic carbocycles. The van der Waals surface area contributed by atoms with E-state index in [0.717, 1.165) is 15.9 Å². The van der Waals surface area contributed by atoms with Gasteiger partial charge in [-0.05, 0) is 35.0 Å². The number of carbonyl (C=O) groups excluding carboxylic acids is 1. The van der Waals surface area contributed by atoms with Crippen molar-refractivity contribution in [2.75, 3.05) is 6.54 Å². The van der Waals surface area contributed by atoms with Crippen LogP contribution in [0.5, 0.6) is 0 Å². The molecule has 0 radical (unpaired) electrons. The predicted molar refractivity (Wildman–Crippen MR) is 61.0 cm³/mol. The normalized spacial score (nSPS) is 10.9. The maximum absolute atomic E-state index is 11.6. The fraction of sp³-hybridized carbons (Fsp3) is 0.200. The van der Waals surface area contributed by atoms with Crippen LogP contribution < -0.4 is 5.73 Å². The van der Waals surface area contributed by atoms with E-state index in [0.29, 0.717) is 5.69 Å². The van der Waals surface area contributed by atoms with E-state index in [1.807, 2.05) is 19.1 Å². The number of imidazole rings is 1. The molecule has 2 rings (SSSR count). The molecule has 0 atom stereocenters. The quantitative estimate of drug-likeness (QED) is 0.840. The Balaban J connectivity index is 2.80. The first kappa shape index (κ1) is 10.3. The van der Waals surface area contributed by atoms with Gasteiger partial charge in [0.05, 0.1) is 17.8 Å². The molecule has 78 valence electrons. The molecular formula is C10H10BrN3O. The standard InChI is InChI=1S/C10H10BrN3O/c1-6-13-10(11)8-4-2-3-7(14(6)8)9(15)5-12/h2-4H,5,12H2,1H3. The van der Waals surface area contributed by atoms with Crippen molar-refractivity contribution >= 4 is 27.2 Å². The lowest BCUT2D eigenvalue weighted by Crippen LogP contribution is -2.17. The summed E-state index contributed by atoms with van der Waals surface area (Å²) >= 11 is 3.35. The molecule has 0 saturated heterocycles. The van der Waals surface area contributed by atoms with Gasteiger partial charge in [-0.15, -0.1) is 0 Å².